The van der Waals surface area contributed by atoms with Gasteiger partial charge in [0.25, 0.3) is 0 Å². The Balaban J connectivity index is 2.72. The molecule has 1 aliphatic carbocycles. The van der Waals surface area contributed by atoms with Crippen molar-refractivity contribution in [2.75, 3.05) is 0 Å². The summed E-state index contributed by atoms with van der Waals surface area (Å²) in [5.41, 5.74) is 3.95. The van der Waals surface area contributed by atoms with Crippen molar-refractivity contribution in [1.82, 2.24) is 0 Å². The number of hydrogen-bond acceptors (Lipinski definition) is 2. The van der Waals surface area contributed by atoms with Gasteiger partial charge >= 0.3 is 0 Å². The normalized spacial score (nSPS) is 17.9. The molecule has 0 saturated heterocycles. The van der Waals surface area contributed by atoms with Crippen molar-refractivity contribution in [3.8, 4) is 0 Å². The molecule has 0 aliphatic heterocycles. The highest BCUT2D eigenvalue weighted by atomic mass is 35.5. The van der Waals surface area contributed by atoms with Crippen LogP contribution in [0.5, 0.6) is 0 Å². The lowest BCUT2D eigenvalue weighted by molar-refractivity contribution is -0.0430. The van der Waals surface area contributed by atoms with Crippen LogP contribution in [0.3, 0.4) is 0 Å². The van der Waals surface area contributed by atoms with Gasteiger partial charge in [-0.3, -0.25) is 0 Å². The summed E-state index contributed by atoms with van der Waals surface area (Å²) >= 11 is 6.20. The first-order chi connectivity index (χ1) is 7.34. The Morgan fingerprint density at radius 2 is 2.00 bits per heavy atom. The Kier molecular flexibility index (Phi) is 2.77. The predicted octanol–water partition coefficient (Wildman–Crippen LogP) is 2.86. The fourth-order valence-corrected chi connectivity index (χ4v) is 3.12. The van der Waals surface area contributed by atoms with E-state index in [9.17, 15) is 10.2 Å². The van der Waals surface area contributed by atoms with Crippen molar-refractivity contribution in [3.63, 3.8) is 0 Å². The third-order valence-electron chi connectivity index (χ3n) is 3.64. The summed E-state index contributed by atoms with van der Waals surface area (Å²) in [6.45, 7) is 6.29. The topological polar surface area (TPSA) is 40.5 Å². The van der Waals surface area contributed by atoms with Gasteiger partial charge in [0.2, 0.25) is 0 Å². The Morgan fingerprint density at radius 1 is 1.38 bits per heavy atom. The van der Waals surface area contributed by atoms with E-state index in [1.807, 2.05) is 6.92 Å². The van der Waals surface area contributed by atoms with Gasteiger partial charge in [0.1, 0.15) is 0 Å². The third kappa shape index (κ3) is 1.65. The van der Waals surface area contributed by atoms with Gasteiger partial charge < -0.3 is 10.2 Å². The summed E-state index contributed by atoms with van der Waals surface area (Å²) in [5.74, 6) is 0. The van der Waals surface area contributed by atoms with E-state index in [-0.39, 0.29) is 5.41 Å². The number of fused-ring (bicyclic) bond motifs is 1. The lowest BCUT2D eigenvalue weighted by Gasteiger charge is -2.24. The number of benzene rings is 1. The largest absolute Gasteiger partial charge is 0.364 e. The van der Waals surface area contributed by atoms with Crippen molar-refractivity contribution >= 4 is 11.6 Å². The Morgan fingerprint density at radius 3 is 2.56 bits per heavy atom. The molecule has 2 nitrogen and oxygen atoms in total. The molecule has 16 heavy (non-hydrogen) atoms. The molecule has 0 fully saturated rings. The van der Waals surface area contributed by atoms with Crippen molar-refractivity contribution in [2.45, 2.75) is 45.3 Å². The van der Waals surface area contributed by atoms with Gasteiger partial charge in [-0.25, -0.2) is 0 Å². The molecule has 1 aromatic rings. The van der Waals surface area contributed by atoms with Crippen LogP contribution in [0.4, 0.5) is 0 Å². The zero-order chi connectivity index (χ0) is 12.1. The first-order valence-corrected chi connectivity index (χ1v) is 5.91. The Bertz CT molecular complexity index is 436. The average molecular weight is 241 g/mol. The van der Waals surface area contributed by atoms with E-state index in [0.29, 0.717) is 10.6 Å². The molecule has 1 aliphatic rings. The maximum absolute atomic E-state index is 9.33. The van der Waals surface area contributed by atoms with Crippen LogP contribution < -0.4 is 0 Å². The van der Waals surface area contributed by atoms with Crippen LogP contribution in [0.1, 0.15) is 48.8 Å². The van der Waals surface area contributed by atoms with E-state index in [1.165, 1.54) is 11.1 Å². The van der Waals surface area contributed by atoms with Crippen molar-refractivity contribution < 1.29 is 10.2 Å². The summed E-state index contributed by atoms with van der Waals surface area (Å²) in [6.07, 6.45) is 0.594. The van der Waals surface area contributed by atoms with E-state index in [0.717, 1.165) is 18.4 Å². The smallest absolute Gasteiger partial charge is 0.178 e. The van der Waals surface area contributed by atoms with Gasteiger partial charge in [-0.15, -0.1) is 0 Å². The van der Waals surface area contributed by atoms with Crippen LogP contribution in [-0.4, -0.2) is 10.2 Å². The first-order valence-electron chi connectivity index (χ1n) is 5.53. The van der Waals surface area contributed by atoms with Crippen LogP contribution in [0.15, 0.2) is 6.07 Å². The minimum absolute atomic E-state index is 0.0773. The molecule has 0 heterocycles. The monoisotopic (exact) mass is 240 g/mol. The molecule has 0 radical (unpaired) electrons. The van der Waals surface area contributed by atoms with Crippen molar-refractivity contribution in [2.24, 2.45) is 0 Å². The lowest BCUT2D eigenvalue weighted by atomic mass is 9.82. The second kappa shape index (κ2) is 3.73. The van der Waals surface area contributed by atoms with Gasteiger partial charge in [-0.1, -0.05) is 25.4 Å². The Hall–Kier alpha value is -0.570. The van der Waals surface area contributed by atoms with E-state index in [2.05, 4.69) is 13.8 Å². The molecule has 88 valence electrons. The third-order valence-corrected chi connectivity index (χ3v) is 3.97. The summed E-state index contributed by atoms with van der Waals surface area (Å²) in [5, 5.41) is 19.3. The van der Waals surface area contributed by atoms with Gasteiger partial charge in [0.05, 0.1) is 0 Å². The first kappa shape index (κ1) is 11.9. The number of hydrogen-bond donors (Lipinski definition) is 2. The highest BCUT2D eigenvalue weighted by molar-refractivity contribution is 6.31. The predicted molar refractivity (Wildman–Crippen MR) is 64.7 cm³/mol. The van der Waals surface area contributed by atoms with E-state index in [4.69, 9.17) is 11.6 Å². The molecule has 1 aromatic carbocycles. The molecule has 0 atom stereocenters. The second-order valence-corrected chi connectivity index (χ2v) is 5.59. The second-order valence-electron chi connectivity index (χ2n) is 5.18. The van der Waals surface area contributed by atoms with Crippen LogP contribution in [0, 0.1) is 6.92 Å². The fourth-order valence-electron chi connectivity index (χ4n) is 2.81. The summed E-state index contributed by atoms with van der Waals surface area (Å²) in [6, 6.07) is 1.68. The number of aliphatic hydroxyl groups excluding tert-OH is 1. The van der Waals surface area contributed by atoms with Crippen LogP contribution in [0.25, 0.3) is 0 Å². The minimum atomic E-state index is -1.45. The van der Waals surface area contributed by atoms with Crippen molar-refractivity contribution in [1.29, 1.82) is 0 Å². The van der Waals surface area contributed by atoms with E-state index < -0.39 is 6.29 Å². The molecular weight excluding hydrogens is 224 g/mol. The van der Waals surface area contributed by atoms with Gasteiger partial charge in [-0.05, 0) is 47.9 Å². The molecule has 0 bridgehead atoms. The molecular formula is C13H17ClO2. The quantitative estimate of drug-likeness (QED) is 0.741. The van der Waals surface area contributed by atoms with E-state index in [1.54, 1.807) is 6.07 Å². The standard InChI is InChI=1S/C13H17ClO2/c1-7-9(12(15)16)6-10(14)8-4-5-13(2,3)11(7)8/h6,12,15-16H,4-5H2,1-3H3. The molecule has 0 saturated carbocycles. The van der Waals surface area contributed by atoms with Gasteiger partial charge in [-0.2, -0.15) is 0 Å². The molecule has 3 heteroatoms. The van der Waals surface area contributed by atoms with Gasteiger partial charge in [0, 0.05) is 10.6 Å². The lowest BCUT2D eigenvalue weighted by Crippen LogP contribution is -2.15. The number of aliphatic hydroxyl groups is 2. The molecule has 0 unspecified atom stereocenters. The Labute approximate surface area is 101 Å². The van der Waals surface area contributed by atoms with E-state index >= 15 is 0 Å². The average Bonchev–Trinajstić information content (AvgIpc) is 2.48. The van der Waals surface area contributed by atoms with Gasteiger partial charge in [0.15, 0.2) is 6.29 Å². The number of rotatable bonds is 1. The molecule has 0 spiro atoms. The maximum Gasteiger partial charge on any atom is 0.178 e. The number of halogens is 1. The summed E-state index contributed by atoms with van der Waals surface area (Å²) < 4.78 is 0. The van der Waals surface area contributed by atoms with Crippen LogP contribution >= 0.6 is 11.6 Å². The molecule has 0 amide bonds. The zero-order valence-electron chi connectivity index (χ0n) is 9.84. The fraction of sp³-hybridized carbons (Fsp3) is 0.538. The molecule has 2 rings (SSSR count). The van der Waals surface area contributed by atoms with Crippen molar-refractivity contribution in [3.05, 3.63) is 33.3 Å². The maximum atomic E-state index is 9.33. The zero-order valence-corrected chi connectivity index (χ0v) is 10.6. The molecule has 2 N–H and O–H groups in total. The highest BCUT2D eigenvalue weighted by Gasteiger charge is 2.34. The summed E-state index contributed by atoms with van der Waals surface area (Å²) in [7, 11) is 0. The minimum Gasteiger partial charge on any atom is -0.364 e. The SMILES string of the molecule is Cc1c(C(O)O)cc(Cl)c2c1C(C)(C)CC2. The molecule has 0 aromatic heterocycles. The van der Waals surface area contributed by atoms with Crippen LogP contribution in [-0.2, 0) is 11.8 Å². The summed E-state index contributed by atoms with van der Waals surface area (Å²) in [4.78, 5) is 0. The highest BCUT2D eigenvalue weighted by Crippen LogP contribution is 2.45. The van der Waals surface area contributed by atoms with Crippen LogP contribution in [0.2, 0.25) is 5.02 Å².